The highest BCUT2D eigenvalue weighted by atomic mass is 16.5. The number of nitrogens with one attached hydrogen (secondary N) is 2. The molecule has 2 rings (SSSR count). The van der Waals surface area contributed by atoms with Crippen LogP contribution in [0.5, 0.6) is 5.75 Å². The Balaban J connectivity index is 2.00. The molecule has 0 unspecified atom stereocenters. The number of hydrogen-bond donors (Lipinski definition) is 2. The van der Waals surface area contributed by atoms with E-state index in [2.05, 4.69) is 15.4 Å². The molecule has 0 bridgehead atoms. The van der Waals surface area contributed by atoms with E-state index in [-0.39, 0.29) is 5.57 Å². The molecular weight excluding hydrogens is 372 g/mol. The molecule has 7 nitrogen and oxygen atoms in total. The zero-order valence-corrected chi connectivity index (χ0v) is 16.7. The Hall–Kier alpha value is -3.61. The van der Waals surface area contributed by atoms with Gasteiger partial charge in [0.25, 0.3) is 5.91 Å². The first-order valence-electron chi connectivity index (χ1n) is 9.15. The topological polar surface area (TPSA) is 93.7 Å². The quantitative estimate of drug-likeness (QED) is 0.523. The molecule has 0 aliphatic heterocycles. The first-order valence-corrected chi connectivity index (χ1v) is 9.15. The molecule has 2 N–H and O–H groups in total. The standard InChI is InChI=1S/C22H24N2O5/c1-4-13-29-19-8-6-5-7-18(19)24-20(25)14-15(2)21(26)23-17-11-9-16(10-12-17)22(27)28-3/h5-12,14H,4,13H2,1-3H3,(H,23,26)(H,24,25)/b15-14+. The molecule has 0 heterocycles. The minimum Gasteiger partial charge on any atom is -0.491 e. The van der Waals surface area contributed by atoms with Crippen LogP contribution in [0.2, 0.25) is 0 Å². The molecule has 2 aromatic carbocycles. The number of esters is 1. The van der Waals surface area contributed by atoms with Crippen molar-refractivity contribution in [3.63, 3.8) is 0 Å². The van der Waals surface area contributed by atoms with Crippen LogP contribution in [-0.4, -0.2) is 31.5 Å². The first-order chi connectivity index (χ1) is 13.9. The van der Waals surface area contributed by atoms with Crippen molar-refractivity contribution in [1.82, 2.24) is 0 Å². The van der Waals surface area contributed by atoms with Crippen LogP contribution in [0.25, 0.3) is 0 Å². The highest BCUT2D eigenvalue weighted by Crippen LogP contribution is 2.24. The third kappa shape index (κ3) is 6.49. The summed E-state index contributed by atoms with van der Waals surface area (Å²) in [5, 5.41) is 5.39. The molecular formula is C22H24N2O5. The lowest BCUT2D eigenvalue weighted by Gasteiger charge is -2.11. The van der Waals surface area contributed by atoms with Gasteiger partial charge in [0.15, 0.2) is 0 Å². The van der Waals surface area contributed by atoms with Gasteiger partial charge in [0, 0.05) is 17.3 Å². The average Bonchev–Trinajstić information content (AvgIpc) is 2.73. The van der Waals surface area contributed by atoms with Crippen molar-refractivity contribution in [3.8, 4) is 5.75 Å². The smallest absolute Gasteiger partial charge is 0.337 e. The molecule has 0 aromatic heterocycles. The summed E-state index contributed by atoms with van der Waals surface area (Å²) >= 11 is 0. The van der Waals surface area contributed by atoms with E-state index in [0.29, 0.717) is 29.3 Å². The minimum atomic E-state index is -0.459. The number of ether oxygens (including phenoxy) is 2. The van der Waals surface area contributed by atoms with E-state index in [4.69, 9.17) is 4.74 Å². The fourth-order valence-corrected chi connectivity index (χ4v) is 2.38. The Labute approximate surface area is 169 Å². The number of rotatable bonds is 8. The Bertz CT molecular complexity index is 904. The fraction of sp³-hybridized carbons (Fsp3) is 0.227. The summed E-state index contributed by atoms with van der Waals surface area (Å²) < 4.78 is 10.2. The molecule has 7 heteroatoms. The first kappa shape index (κ1) is 21.7. The maximum Gasteiger partial charge on any atom is 0.337 e. The van der Waals surface area contributed by atoms with E-state index in [0.717, 1.165) is 6.42 Å². The van der Waals surface area contributed by atoms with Crippen molar-refractivity contribution in [2.75, 3.05) is 24.4 Å². The third-order valence-electron chi connectivity index (χ3n) is 3.88. The van der Waals surface area contributed by atoms with E-state index in [1.807, 2.05) is 13.0 Å². The van der Waals surface area contributed by atoms with Crippen molar-refractivity contribution < 1.29 is 23.9 Å². The van der Waals surface area contributed by atoms with Crippen molar-refractivity contribution in [2.45, 2.75) is 20.3 Å². The monoisotopic (exact) mass is 396 g/mol. The van der Waals surface area contributed by atoms with Crippen LogP contribution in [0, 0.1) is 0 Å². The van der Waals surface area contributed by atoms with Gasteiger partial charge in [-0.2, -0.15) is 0 Å². The molecule has 0 fully saturated rings. The molecule has 2 aromatic rings. The normalized spacial score (nSPS) is 10.8. The predicted molar refractivity (Wildman–Crippen MR) is 111 cm³/mol. The van der Waals surface area contributed by atoms with Gasteiger partial charge in [0.1, 0.15) is 5.75 Å². The van der Waals surface area contributed by atoms with Gasteiger partial charge in [0.2, 0.25) is 5.91 Å². The number of anilines is 2. The molecule has 0 saturated carbocycles. The number of hydrogen-bond acceptors (Lipinski definition) is 5. The van der Waals surface area contributed by atoms with Gasteiger partial charge < -0.3 is 20.1 Å². The van der Waals surface area contributed by atoms with Crippen LogP contribution in [0.3, 0.4) is 0 Å². The predicted octanol–water partition coefficient (Wildman–Crippen LogP) is 3.79. The van der Waals surface area contributed by atoms with Crippen LogP contribution in [-0.2, 0) is 14.3 Å². The SMILES string of the molecule is CCCOc1ccccc1NC(=O)/C=C(\C)C(=O)Nc1ccc(C(=O)OC)cc1. The summed E-state index contributed by atoms with van der Waals surface area (Å²) in [6.45, 7) is 4.07. The second-order valence-electron chi connectivity index (χ2n) is 6.18. The molecule has 0 radical (unpaired) electrons. The van der Waals surface area contributed by atoms with E-state index < -0.39 is 17.8 Å². The van der Waals surface area contributed by atoms with E-state index in [1.54, 1.807) is 42.5 Å². The summed E-state index contributed by atoms with van der Waals surface area (Å²) in [4.78, 5) is 36.0. The summed E-state index contributed by atoms with van der Waals surface area (Å²) in [6.07, 6.45) is 2.07. The Morgan fingerprint density at radius 2 is 1.69 bits per heavy atom. The van der Waals surface area contributed by atoms with Crippen LogP contribution in [0.4, 0.5) is 11.4 Å². The largest absolute Gasteiger partial charge is 0.491 e. The zero-order valence-electron chi connectivity index (χ0n) is 16.7. The highest BCUT2D eigenvalue weighted by Gasteiger charge is 2.11. The highest BCUT2D eigenvalue weighted by molar-refractivity contribution is 6.10. The van der Waals surface area contributed by atoms with Crippen LogP contribution < -0.4 is 15.4 Å². The van der Waals surface area contributed by atoms with Crippen molar-refractivity contribution in [3.05, 3.63) is 65.7 Å². The second-order valence-corrected chi connectivity index (χ2v) is 6.18. The average molecular weight is 396 g/mol. The Kier molecular flexibility index (Phi) is 7.97. The molecule has 152 valence electrons. The van der Waals surface area contributed by atoms with Gasteiger partial charge in [-0.3, -0.25) is 9.59 Å². The number of amides is 2. The van der Waals surface area contributed by atoms with Gasteiger partial charge in [-0.05, 0) is 49.7 Å². The van der Waals surface area contributed by atoms with Gasteiger partial charge >= 0.3 is 5.97 Å². The summed E-state index contributed by atoms with van der Waals surface area (Å²) in [7, 11) is 1.30. The van der Waals surface area contributed by atoms with Crippen LogP contribution in [0.1, 0.15) is 30.6 Å². The second kappa shape index (κ2) is 10.7. The molecule has 0 aliphatic rings. The van der Waals surface area contributed by atoms with Crippen LogP contribution in [0.15, 0.2) is 60.2 Å². The van der Waals surface area contributed by atoms with Gasteiger partial charge in [-0.15, -0.1) is 0 Å². The lowest BCUT2D eigenvalue weighted by Crippen LogP contribution is -2.16. The number of methoxy groups -OCH3 is 1. The van der Waals surface area contributed by atoms with Gasteiger partial charge in [-0.1, -0.05) is 19.1 Å². The summed E-state index contributed by atoms with van der Waals surface area (Å²) in [6, 6.07) is 13.4. The molecule has 0 atom stereocenters. The van der Waals surface area contributed by atoms with E-state index in [9.17, 15) is 14.4 Å². The minimum absolute atomic E-state index is 0.228. The third-order valence-corrected chi connectivity index (χ3v) is 3.88. The van der Waals surface area contributed by atoms with Crippen molar-refractivity contribution in [2.24, 2.45) is 0 Å². The molecule has 2 amide bonds. The van der Waals surface area contributed by atoms with E-state index >= 15 is 0 Å². The maximum absolute atomic E-state index is 12.3. The Morgan fingerprint density at radius 1 is 1.00 bits per heavy atom. The number of para-hydroxylation sites is 2. The summed E-state index contributed by atoms with van der Waals surface area (Å²) in [5.41, 5.74) is 1.63. The lowest BCUT2D eigenvalue weighted by molar-refractivity contribution is -0.114. The molecule has 0 aliphatic carbocycles. The number of carbonyl (C=O) groups excluding carboxylic acids is 3. The molecule has 0 spiro atoms. The maximum atomic E-state index is 12.3. The lowest BCUT2D eigenvalue weighted by atomic mass is 10.2. The fourth-order valence-electron chi connectivity index (χ4n) is 2.38. The number of benzene rings is 2. The summed E-state index contributed by atoms with van der Waals surface area (Å²) in [5.74, 6) is -0.754. The van der Waals surface area contributed by atoms with Gasteiger partial charge in [-0.25, -0.2) is 4.79 Å². The van der Waals surface area contributed by atoms with Crippen LogP contribution >= 0.6 is 0 Å². The van der Waals surface area contributed by atoms with Gasteiger partial charge in [0.05, 0.1) is 25.0 Å². The van der Waals surface area contributed by atoms with E-state index in [1.165, 1.54) is 20.1 Å². The Morgan fingerprint density at radius 3 is 2.34 bits per heavy atom. The number of carbonyl (C=O) groups is 3. The molecule has 29 heavy (non-hydrogen) atoms. The van der Waals surface area contributed by atoms with Crippen molar-refractivity contribution in [1.29, 1.82) is 0 Å². The molecule has 0 saturated heterocycles. The van der Waals surface area contributed by atoms with Crippen molar-refractivity contribution >= 4 is 29.2 Å². The zero-order chi connectivity index (χ0) is 21.2.